The van der Waals surface area contributed by atoms with E-state index in [1.807, 2.05) is 56.3 Å². The number of anilines is 3. The number of hydrogen-bond acceptors (Lipinski definition) is 7. The normalized spacial score (nSPS) is 11.9. The van der Waals surface area contributed by atoms with Crippen LogP contribution >= 0.6 is 0 Å². The molecule has 3 rings (SSSR count). The third-order valence-electron chi connectivity index (χ3n) is 4.34. The maximum absolute atomic E-state index is 9.65. The Hall–Kier alpha value is -3.19. The number of rotatable bonds is 8. The molecule has 146 valence electrons. The Kier molecular flexibility index (Phi) is 6.39. The first kappa shape index (κ1) is 19.6. The van der Waals surface area contributed by atoms with Gasteiger partial charge in [-0.05, 0) is 30.2 Å². The molecule has 0 aliphatic carbocycles. The number of methoxy groups -OCH3 is 1. The van der Waals surface area contributed by atoms with Gasteiger partial charge in [0, 0.05) is 35.8 Å². The van der Waals surface area contributed by atoms with E-state index in [1.54, 1.807) is 19.5 Å². The van der Waals surface area contributed by atoms with Gasteiger partial charge < -0.3 is 20.5 Å². The molecule has 0 saturated carbocycles. The third kappa shape index (κ3) is 4.95. The van der Waals surface area contributed by atoms with Crippen molar-refractivity contribution >= 4 is 17.5 Å². The molecule has 3 aromatic rings. The number of hydrogen-bond donors (Lipinski definition) is 3. The summed E-state index contributed by atoms with van der Waals surface area (Å²) in [6.45, 7) is 4.07. The minimum Gasteiger partial charge on any atom is -0.497 e. The first-order chi connectivity index (χ1) is 13.6. The molecule has 0 radical (unpaired) electrons. The number of nitrogens with one attached hydrogen (secondary N) is 2. The zero-order chi connectivity index (χ0) is 19.9. The molecular formula is C21H25N5O2. The van der Waals surface area contributed by atoms with Gasteiger partial charge in [0.15, 0.2) is 0 Å². The van der Waals surface area contributed by atoms with Gasteiger partial charge in [-0.3, -0.25) is 4.98 Å². The second kappa shape index (κ2) is 9.14. The highest BCUT2D eigenvalue weighted by Crippen LogP contribution is 2.25. The number of pyridine rings is 1. The molecule has 0 unspecified atom stereocenters. The summed E-state index contributed by atoms with van der Waals surface area (Å²) in [7, 11) is 1.63. The third-order valence-corrected chi connectivity index (χ3v) is 4.34. The molecular weight excluding hydrogens is 354 g/mol. The summed E-state index contributed by atoms with van der Waals surface area (Å²) in [6, 6.07) is 13.2. The quantitative estimate of drug-likeness (QED) is 0.549. The van der Waals surface area contributed by atoms with Gasteiger partial charge in [0.1, 0.15) is 11.6 Å². The number of aliphatic hydroxyl groups excluding tert-OH is 1. The molecule has 2 aromatic heterocycles. The summed E-state index contributed by atoms with van der Waals surface area (Å²) in [5.74, 6) is 2.06. The van der Waals surface area contributed by atoms with Crippen LogP contribution in [0.1, 0.15) is 13.8 Å². The van der Waals surface area contributed by atoms with E-state index in [1.165, 1.54) is 0 Å². The Morgan fingerprint density at radius 2 is 1.96 bits per heavy atom. The summed E-state index contributed by atoms with van der Waals surface area (Å²) in [6.07, 6.45) is 3.48. The fourth-order valence-electron chi connectivity index (χ4n) is 2.68. The summed E-state index contributed by atoms with van der Waals surface area (Å²) in [4.78, 5) is 13.4. The van der Waals surface area contributed by atoms with E-state index in [9.17, 15) is 5.11 Å². The molecule has 0 fully saturated rings. The zero-order valence-corrected chi connectivity index (χ0v) is 16.3. The highest BCUT2D eigenvalue weighted by atomic mass is 16.5. The maximum Gasteiger partial charge on any atom is 0.225 e. The summed E-state index contributed by atoms with van der Waals surface area (Å²) in [5.41, 5.74) is 2.46. The van der Waals surface area contributed by atoms with Crippen molar-refractivity contribution in [1.82, 2.24) is 15.0 Å². The van der Waals surface area contributed by atoms with Crippen molar-refractivity contribution in [3.05, 3.63) is 54.9 Å². The van der Waals surface area contributed by atoms with Crippen LogP contribution in [-0.2, 0) is 0 Å². The average Bonchev–Trinajstić information content (AvgIpc) is 2.72. The average molecular weight is 379 g/mol. The molecule has 0 saturated heterocycles. The first-order valence-corrected chi connectivity index (χ1v) is 9.17. The van der Waals surface area contributed by atoms with Crippen LogP contribution in [0.3, 0.4) is 0 Å². The minimum absolute atomic E-state index is 0.00318. The van der Waals surface area contributed by atoms with Crippen molar-refractivity contribution in [3.63, 3.8) is 0 Å². The van der Waals surface area contributed by atoms with E-state index in [4.69, 9.17) is 4.74 Å². The lowest BCUT2D eigenvalue weighted by atomic mass is 10.1. The summed E-state index contributed by atoms with van der Waals surface area (Å²) < 4.78 is 5.28. The monoisotopic (exact) mass is 379 g/mol. The van der Waals surface area contributed by atoms with Gasteiger partial charge in [-0.15, -0.1) is 0 Å². The number of aromatic nitrogens is 3. The Bertz CT molecular complexity index is 902. The van der Waals surface area contributed by atoms with Crippen molar-refractivity contribution in [2.45, 2.75) is 19.9 Å². The Morgan fingerprint density at radius 1 is 1.11 bits per heavy atom. The fourth-order valence-corrected chi connectivity index (χ4v) is 2.68. The van der Waals surface area contributed by atoms with E-state index >= 15 is 0 Å². The lowest BCUT2D eigenvalue weighted by molar-refractivity contribution is 0.248. The Balaban J connectivity index is 1.96. The molecule has 7 heteroatoms. The molecule has 0 amide bonds. The van der Waals surface area contributed by atoms with Crippen LogP contribution in [0.4, 0.5) is 17.5 Å². The highest BCUT2D eigenvalue weighted by Gasteiger charge is 2.15. The molecule has 1 atom stereocenters. The van der Waals surface area contributed by atoms with Crippen LogP contribution in [0.25, 0.3) is 11.3 Å². The van der Waals surface area contributed by atoms with Gasteiger partial charge in [0.2, 0.25) is 5.95 Å². The molecule has 28 heavy (non-hydrogen) atoms. The van der Waals surface area contributed by atoms with Crippen LogP contribution in [-0.4, -0.2) is 39.8 Å². The second-order valence-electron chi connectivity index (χ2n) is 6.74. The van der Waals surface area contributed by atoms with Crippen molar-refractivity contribution in [2.75, 3.05) is 24.4 Å². The molecule has 2 heterocycles. The number of ether oxygens (including phenoxy) is 1. The molecule has 0 bridgehead atoms. The minimum atomic E-state index is -0.145. The van der Waals surface area contributed by atoms with Gasteiger partial charge in [0.05, 0.1) is 25.5 Å². The summed E-state index contributed by atoms with van der Waals surface area (Å²) >= 11 is 0. The predicted octanol–water partition coefficient (Wildman–Crippen LogP) is 3.72. The zero-order valence-electron chi connectivity index (χ0n) is 16.3. The number of nitrogens with zero attached hydrogens (tertiary/aromatic N) is 3. The lowest BCUT2D eigenvalue weighted by Gasteiger charge is -2.20. The van der Waals surface area contributed by atoms with Crippen LogP contribution < -0.4 is 15.4 Å². The molecule has 0 aliphatic heterocycles. The van der Waals surface area contributed by atoms with E-state index < -0.39 is 0 Å². The van der Waals surface area contributed by atoms with Crippen LogP contribution in [0.15, 0.2) is 54.9 Å². The van der Waals surface area contributed by atoms with Crippen molar-refractivity contribution in [3.8, 4) is 17.0 Å². The number of benzene rings is 1. The van der Waals surface area contributed by atoms with Crippen molar-refractivity contribution < 1.29 is 9.84 Å². The lowest BCUT2D eigenvalue weighted by Crippen LogP contribution is -2.30. The van der Waals surface area contributed by atoms with Gasteiger partial charge in [0.25, 0.3) is 0 Å². The first-order valence-electron chi connectivity index (χ1n) is 9.17. The van der Waals surface area contributed by atoms with Gasteiger partial charge in [-0.1, -0.05) is 19.9 Å². The fraction of sp³-hybridized carbons (Fsp3) is 0.286. The van der Waals surface area contributed by atoms with Gasteiger partial charge >= 0.3 is 0 Å². The Morgan fingerprint density at radius 3 is 2.64 bits per heavy atom. The van der Waals surface area contributed by atoms with Crippen LogP contribution in [0.2, 0.25) is 0 Å². The van der Waals surface area contributed by atoms with Crippen molar-refractivity contribution in [2.24, 2.45) is 5.92 Å². The number of aliphatic hydroxyl groups is 1. The molecule has 0 spiro atoms. The predicted molar refractivity (Wildman–Crippen MR) is 111 cm³/mol. The van der Waals surface area contributed by atoms with Gasteiger partial charge in [-0.2, -0.15) is 4.98 Å². The smallest absolute Gasteiger partial charge is 0.225 e. The maximum atomic E-state index is 9.65. The Labute approximate surface area is 164 Å². The van der Waals surface area contributed by atoms with E-state index in [0.717, 1.165) is 22.7 Å². The molecule has 0 aliphatic rings. The van der Waals surface area contributed by atoms with Crippen LogP contribution in [0, 0.1) is 5.92 Å². The standard InChI is InChI=1S/C21H25N5O2/c1-14(2)19(13-27)25-21-24-18(15-6-5-9-22-12-15)11-20(26-21)23-16-7-4-8-17(10-16)28-3/h4-12,14,19,27H,13H2,1-3H3,(H2,23,24,25,26)/t19-/m0/s1. The van der Waals surface area contributed by atoms with E-state index in [0.29, 0.717) is 11.8 Å². The SMILES string of the molecule is COc1cccc(Nc2cc(-c3cccnc3)nc(N[C@@H](CO)C(C)C)n2)c1. The molecule has 7 nitrogen and oxygen atoms in total. The molecule has 1 aromatic carbocycles. The van der Waals surface area contributed by atoms with E-state index in [2.05, 4.69) is 25.6 Å². The van der Waals surface area contributed by atoms with E-state index in [-0.39, 0.29) is 18.6 Å². The summed E-state index contributed by atoms with van der Waals surface area (Å²) in [5, 5.41) is 16.2. The van der Waals surface area contributed by atoms with Crippen molar-refractivity contribution in [1.29, 1.82) is 0 Å². The highest BCUT2D eigenvalue weighted by molar-refractivity contribution is 5.67. The largest absolute Gasteiger partial charge is 0.497 e. The molecule has 3 N–H and O–H groups in total. The van der Waals surface area contributed by atoms with Gasteiger partial charge in [-0.25, -0.2) is 4.98 Å². The van der Waals surface area contributed by atoms with Crippen LogP contribution in [0.5, 0.6) is 5.75 Å². The topological polar surface area (TPSA) is 92.2 Å². The second-order valence-corrected chi connectivity index (χ2v) is 6.74.